The molecular weight excluding hydrogens is 290 g/mol. The number of ether oxygens (including phenoxy) is 1. The number of fused-ring (bicyclic) bond motifs is 3. The van der Waals surface area contributed by atoms with Gasteiger partial charge in [-0.15, -0.1) is 4.68 Å². The summed E-state index contributed by atoms with van der Waals surface area (Å²) in [7, 11) is 1.64. The van der Waals surface area contributed by atoms with Crippen molar-refractivity contribution in [3.63, 3.8) is 0 Å². The lowest BCUT2D eigenvalue weighted by molar-refractivity contribution is -0.690. The second kappa shape index (κ2) is 5.28. The number of para-hydroxylation sites is 1. The van der Waals surface area contributed by atoms with Gasteiger partial charge in [0.05, 0.1) is 24.2 Å². The first-order valence-electron chi connectivity index (χ1n) is 7.35. The Kier molecular flexibility index (Phi) is 3.12. The summed E-state index contributed by atoms with van der Waals surface area (Å²) >= 11 is 0. The number of hydrogen-bond acceptors (Lipinski definition) is 3. The van der Waals surface area contributed by atoms with Gasteiger partial charge < -0.3 is 9.94 Å². The predicted octanol–water partition coefficient (Wildman–Crippen LogP) is 2.88. The fourth-order valence-electron chi connectivity index (χ4n) is 2.84. The number of nitrogens with zero attached hydrogens (tertiary/aromatic N) is 3. The molecule has 0 N–H and O–H groups in total. The van der Waals surface area contributed by atoms with Crippen LogP contribution in [0, 0.1) is 5.21 Å². The molecule has 0 aliphatic heterocycles. The van der Waals surface area contributed by atoms with Crippen molar-refractivity contribution in [1.29, 1.82) is 0 Å². The number of pyridine rings is 1. The maximum absolute atomic E-state index is 12.3. The Labute approximate surface area is 132 Å². The van der Waals surface area contributed by atoms with Crippen molar-refractivity contribution < 1.29 is 9.58 Å². The van der Waals surface area contributed by atoms with Gasteiger partial charge in [-0.3, -0.25) is 4.98 Å². The highest BCUT2D eigenvalue weighted by Crippen LogP contribution is 2.23. The Balaban J connectivity index is 1.83. The third kappa shape index (κ3) is 2.26. The van der Waals surface area contributed by atoms with Gasteiger partial charge in [0, 0.05) is 5.39 Å². The lowest BCUT2D eigenvalue weighted by Crippen LogP contribution is -2.36. The summed E-state index contributed by atoms with van der Waals surface area (Å²) in [5, 5.41) is 14.2. The lowest BCUT2D eigenvalue weighted by atomic mass is 10.1. The van der Waals surface area contributed by atoms with E-state index in [0.29, 0.717) is 6.54 Å². The van der Waals surface area contributed by atoms with E-state index >= 15 is 0 Å². The van der Waals surface area contributed by atoms with Crippen LogP contribution >= 0.6 is 0 Å². The van der Waals surface area contributed by atoms with Crippen molar-refractivity contribution in [2.24, 2.45) is 0 Å². The fraction of sp³-hybridized carbons (Fsp3) is 0.111. The van der Waals surface area contributed by atoms with Gasteiger partial charge in [0.1, 0.15) is 17.8 Å². The molecule has 0 aliphatic rings. The Hall–Kier alpha value is -3.08. The topological polar surface area (TPSA) is 54.0 Å². The highest BCUT2D eigenvalue weighted by molar-refractivity contribution is 6.03. The van der Waals surface area contributed by atoms with E-state index in [1.165, 1.54) is 0 Å². The molecule has 0 unspecified atom stereocenters. The third-order valence-corrected chi connectivity index (χ3v) is 4.04. The Morgan fingerprint density at radius 2 is 1.87 bits per heavy atom. The highest BCUT2D eigenvalue weighted by atomic mass is 16.5. The minimum absolute atomic E-state index is 0.483. The molecule has 0 atom stereocenters. The quantitative estimate of drug-likeness (QED) is 0.432. The molecule has 0 saturated carbocycles. The molecular formula is C18H15N3O2. The maximum atomic E-state index is 12.3. The molecule has 2 heterocycles. The molecule has 0 radical (unpaired) electrons. The summed E-state index contributed by atoms with van der Waals surface area (Å²) in [6.45, 7) is 0.483. The zero-order chi connectivity index (χ0) is 15.8. The largest absolute Gasteiger partial charge is 0.596 e. The Bertz CT molecular complexity index is 990. The molecule has 0 fully saturated rings. The van der Waals surface area contributed by atoms with Gasteiger partial charge in [-0.05, 0) is 23.8 Å². The number of aromatic nitrogens is 3. The molecule has 0 amide bonds. The van der Waals surface area contributed by atoms with Crippen LogP contribution in [0.1, 0.15) is 5.56 Å². The van der Waals surface area contributed by atoms with Crippen LogP contribution in [-0.2, 0) is 6.54 Å². The van der Waals surface area contributed by atoms with Gasteiger partial charge >= 0.3 is 0 Å². The van der Waals surface area contributed by atoms with E-state index < -0.39 is 0 Å². The average Bonchev–Trinajstić information content (AvgIpc) is 2.92. The molecule has 0 aliphatic carbocycles. The first-order chi connectivity index (χ1) is 11.3. The van der Waals surface area contributed by atoms with E-state index in [4.69, 9.17) is 4.74 Å². The predicted molar refractivity (Wildman–Crippen MR) is 88.3 cm³/mol. The second-order valence-electron chi connectivity index (χ2n) is 5.41. The zero-order valence-electron chi connectivity index (χ0n) is 12.6. The van der Waals surface area contributed by atoms with E-state index in [-0.39, 0.29) is 0 Å². The normalized spacial score (nSPS) is 11.2. The first-order valence-corrected chi connectivity index (χ1v) is 7.35. The van der Waals surface area contributed by atoms with Crippen molar-refractivity contribution in [1.82, 2.24) is 9.67 Å². The summed E-state index contributed by atoms with van der Waals surface area (Å²) in [4.78, 5) is 5.34. The monoisotopic (exact) mass is 305 g/mol. The number of benzene rings is 2. The number of hydrogen-bond donors (Lipinski definition) is 0. The highest BCUT2D eigenvalue weighted by Gasteiger charge is 2.15. The summed E-state index contributed by atoms with van der Waals surface area (Å²) in [5.41, 5.74) is 2.75. The van der Waals surface area contributed by atoms with E-state index in [1.54, 1.807) is 24.2 Å². The van der Waals surface area contributed by atoms with E-state index in [2.05, 4.69) is 4.98 Å². The van der Waals surface area contributed by atoms with Crippen LogP contribution in [0.3, 0.4) is 0 Å². The fourth-order valence-corrected chi connectivity index (χ4v) is 2.84. The van der Waals surface area contributed by atoms with Gasteiger partial charge in [-0.25, -0.2) is 0 Å². The van der Waals surface area contributed by atoms with E-state index in [1.807, 2.05) is 48.5 Å². The van der Waals surface area contributed by atoms with Gasteiger partial charge in [-0.1, -0.05) is 35.2 Å². The molecule has 0 saturated heterocycles. The molecule has 0 spiro atoms. The zero-order valence-corrected chi connectivity index (χ0v) is 12.6. The summed E-state index contributed by atoms with van der Waals surface area (Å²) in [6, 6.07) is 15.5. The molecule has 5 nitrogen and oxygen atoms in total. The summed E-state index contributed by atoms with van der Waals surface area (Å²) in [5.74, 6) is 0.800. The van der Waals surface area contributed by atoms with Crippen molar-refractivity contribution in [3.05, 3.63) is 71.7 Å². The van der Waals surface area contributed by atoms with Crippen molar-refractivity contribution in [3.8, 4) is 5.75 Å². The average molecular weight is 305 g/mol. The van der Waals surface area contributed by atoms with Crippen LogP contribution in [0.25, 0.3) is 21.8 Å². The first kappa shape index (κ1) is 13.6. The van der Waals surface area contributed by atoms with Crippen molar-refractivity contribution in [2.45, 2.75) is 6.54 Å². The minimum atomic E-state index is 0.483. The summed E-state index contributed by atoms with van der Waals surface area (Å²) < 4.78 is 6.84. The number of rotatable bonds is 3. The van der Waals surface area contributed by atoms with Gasteiger partial charge in [0.15, 0.2) is 0 Å². The van der Waals surface area contributed by atoms with Gasteiger partial charge in [0.2, 0.25) is 6.20 Å². The molecule has 2 aromatic carbocycles. The standard InChI is InChI=1S/C18H15N3O2/c1-23-14-8-6-13(7-9-14)11-20-18-10-19-17-5-3-2-4-15(17)16(18)12-21(20)22/h2-10,12H,11H2,1H3. The van der Waals surface area contributed by atoms with Gasteiger partial charge in [0.25, 0.3) is 0 Å². The lowest BCUT2D eigenvalue weighted by Gasteiger charge is -2.06. The van der Waals surface area contributed by atoms with E-state index in [9.17, 15) is 5.21 Å². The van der Waals surface area contributed by atoms with E-state index in [0.717, 1.165) is 38.0 Å². The van der Waals surface area contributed by atoms with Crippen LogP contribution in [0.5, 0.6) is 5.75 Å². The van der Waals surface area contributed by atoms with Crippen LogP contribution in [-0.4, -0.2) is 16.8 Å². The van der Waals surface area contributed by atoms with Crippen molar-refractivity contribution >= 4 is 21.8 Å². The van der Waals surface area contributed by atoms with Gasteiger partial charge in [-0.2, -0.15) is 0 Å². The second-order valence-corrected chi connectivity index (χ2v) is 5.41. The Morgan fingerprint density at radius 1 is 1.09 bits per heavy atom. The van der Waals surface area contributed by atoms with Crippen LogP contribution < -0.4 is 9.58 Å². The summed E-state index contributed by atoms with van der Waals surface area (Å²) in [6.07, 6.45) is 3.37. The number of methoxy groups -OCH3 is 1. The van der Waals surface area contributed by atoms with Crippen LogP contribution in [0.4, 0.5) is 0 Å². The molecule has 4 rings (SSSR count). The molecule has 5 heteroatoms. The van der Waals surface area contributed by atoms with Crippen LogP contribution in [0.2, 0.25) is 0 Å². The molecule has 0 bridgehead atoms. The molecule has 23 heavy (non-hydrogen) atoms. The SMILES string of the molecule is COc1ccc(Cn2c3cnc4ccccc4c3c[n+]2[O-])cc1. The molecule has 2 aromatic heterocycles. The third-order valence-electron chi connectivity index (χ3n) is 4.04. The minimum Gasteiger partial charge on any atom is -0.596 e. The van der Waals surface area contributed by atoms with Crippen molar-refractivity contribution in [2.75, 3.05) is 7.11 Å². The molecule has 114 valence electrons. The maximum Gasteiger partial charge on any atom is 0.217 e. The molecule has 4 aromatic rings. The van der Waals surface area contributed by atoms with Crippen LogP contribution in [0.15, 0.2) is 60.9 Å². The smallest absolute Gasteiger partial charge is 0.217 e. The Morgan fingerprint density at radius 3 is 2.65 bits per heavy atom.